The zero-order valence-corrected chi connectivity index (χ0v) is 15.5. The second kappa shape index (κ2) is 6.13. The van der Waals surface area contributed by atoms with E-state index in [1.807, 2.05) is 13.0 Å². The second-order valence-electron chi connectivity index (χ2n) is 5.19. The number of primary sulfonamides is 1. The summed E-state index contributed by atoms with van der Waals surface area (Å²) in [6.45, 7) is 1.84. The van der Waals surface area contributed by atoms with Gasteiger partial charge in [0.15, 0.2) is 5.78 Å². The fourth-order valence-corrected chi connectivity index (χ4v) is 4.77. The monoisotopic (exact) mass is 399 g/mol. The van der Waals surface area contributed by atoms with Crippen molar-refractivity contribution in [3.8, 4) is 0 Å². The van der Waals surface area contributed by atoms with Gasteiger partial charge in [-0.05, 0) is 43.3 Å². The van der Waals surface area contributed by atoms with Crippen molar-refractivity contribution in [2.75, 3.05) is 0 Å². The largest absolute Gasteiger partial charge is 0.289 e. The normalized spacial score (nSPS) is 11.8. The van der Waals surface area contributed by atoms with Crippen LogP contribution in [-0.4, -0.2) is 14.2 Å². The van der Waals surface area contributed by atoms with Crippen LogP contribution in [0, 0.1) is 6.92 Å². The van der Waals surface area contributed by atoms with Gasteiger partial charge in [0, 0.05) is 31.1 Å². The van der Waals surface area contributed by atoms with Crippen LogP contribution in [0.4, 0.5) is 0 Å². The van der Waals surface area contributed by atoms with E-state index in [0.29, 0.717) is 10.6 Å². The van der Waals surface area contributed by atoms with Crippen LogP contribution in [0.15, 0.2) is 41.3 Å². The number of carbonyl (C=O) groups is 1. The predicted octanol–water partition coefficient (Wildman–Crippen LogP) is 4.39. The molecule has 3 aromatic rings. The number of thiophene rings is 1. The highest BCUT2D eigenvalue weighted by molar-refractivity contribution is 7.89. The quantitative estimate of drug-likeness (QED) is 0.663. The highest BCUT2D eigenvalue weighted by atomic mass is 35.5. The van der Waals surface area contributed by atoms with Crippen LogP contribution in [-0.2, 0) is 10.0 Å². The maximum absolute atomic E-state index is 12.9. The van der Waals surface area contributed by atoms with Gasteiger partial charge in [-0.1, -0.05) is 23.2 Å². The molecule has 1 heterocycles. The molecular formula is C16H11Cl2NO3S2. The molecule has 24 heavy (non-hydrogen) atoms. The molecule has 0 aliphatic carbocycles. The van der Waals surface area contributed by atoms with Crippen molar-refractivity contribution >= 4 is 60.4 Å². The minimum absolute atomic E-state index is 0.0241. The van der Waals surface area contributed by atoms with Crippen LogP contribution in [0.2, 0.25) is 10.0 Å². The molecule has 1 aromatic heterocycles. The Hall–Kier alpha value is -1.44. The molecule has 0 fully saturated rings. The van der Waals surface area contributed by atoms with Crippen molar-refractivity contribution in [1.82, 2.24) is 0 Å². The van der Waals surface area contributed by atoms with E-state index in [4.69, 9.17) is 28.3 Å². The molecule has 0 radical (unpaired) electrons. The molecule has 0 saturated heterocycles. The van der Waals surface area contributed by atoms with Gasteiger partial charge in [-0.25, -0.2) is 13.6 Å². The van der Waals surface area contributed by atoms with E-state index in [0.717, 1.165) is 15.0 Å². The third-order valence-corrected chi connectivity index (χ3v) is 6.27. The number of halogens is 2. The lowest BCUT2D eigenvalue weighted by molar-refractivity contribution is 0.104. The SMILES string of the molecule is Cc1sc2ccc(Cl)cc2c1C(=O)c1ccc(Cl)c(S(N)(=O)=O)c1. The summed E-state index contributed by atoms with van der Waals surface area (Å²) in [5, 5.41) is 6.38. The van der Waals surface area contributed by atoms with Crippen LogP contribution >= 0.6 is 34.5 Å². The van der Waals surface area contributed by atoms with E-state index in [2.05, 4.69) is 0 Å². The summed E-state index contributed by atoms with van der Waals surface area (Å²) in [6, 6.07) is 9.37. The zero-order chi connectivity index (χ0) is 17.6. The highest BCUT2D eigenvalue weighted by Crippen LogP contribution is 2.34. The molecule has 0 spiro atoms. The number of aryl methyl sites for hydroxylation is 1. The van der Waals surface area contributed by atoms with Gasteiger partial charge in [0.25, 0.3) is 0 Å². The summed E-state index contributed by atoms with van der Waals surface area (Å²) >= 11 is 13.4. The molecule has 0 amide bonds. The lowest BCUT2D eigenvalue weighted by Gasteiger charge is -2.06. The third-order valence-electron chi connectivity index (χ3n) is 3.55. The number of rotatable bonds is 3. The Morgan fingerprint density at radius 3 is 2.50 bits per heavy atom. The average Bonchev–Trinajstić information content (AvgIpc) is 2.81. The Kier molecular flexibility index (Phi) is 4.44. The molecule has 124 valence electrons. The number of hydrogen-bond donors (Lipinski definition) is 1. The summed E-state index contributed by atoms with van der Waals surface area (Å²) in [5.74, 6) is -0.303. The van der Waals surface area contributed by atoms with Crippen LogP contribution in [0.5, 0.6) is 0 Å². The van der Waals surface area contributed by atoms with Crippen molar-refractivity contribution < 1.29 is 13.2 Å². The molecule has 0 bridgehead atoms. The first-order valence-corrected chi connectivity index (χ1v) is 9.86. The summed E-state index contributed by atoms with van der Waals surface area (Å²) in [6.07, 6.45) is 0. The predicted molar refractivity (Wildman–Crippen MR) is 97.8 cm³/mol. The molecule has 0 aliphatic heterocycles. The van der Waals surface area contributed by atoms with Gasteiger partial charge in [0.2, 0.25) is 10.0 Å². The third kappa shape index (κ3) is 3.08. The fourth-order valence-electron chi connectivity index (χ4n) is 2.48. The number of carbonyl (C=O) groups excluding carboxylic acids is 1. The summed E-state index contributed by atoms with van der Waals surface area (Å²) in [5.41, 5.74) is 0.700. The molecule has 4 nitrogen and oxygen atoms in total. The summed E-state index contributed by atoms with van der Waals surface area (Å²) < 4.78 is 24.1. The molecule has 0 saturated carbocycles. The van der Waals surface area contributed by atoms with Crippen LogP contribution in [0.1, 0.15) is 20.8 Å². The Bertz CT molecular complexity index is 1090. The molecule has 0 aliphatic rings. The number of sulfonamides is 1. The van der Waals surface area contributed by atoms with E-state index in [9.17, 15) is 13.2 Å². The maximum atomic E-state index is 12.9. The van der Waals surface area contributed by atoms with Gasteiger partial charge in [-0.2, -0.15) is 0 Å². The van der Waals surface area contributed by atoms with Crippen molar-refractivity contribution in [3.63, 3.8) is 0 Å². The van der Waals surface area contributed by atoms with E-state index in [1.165, 1.54) is 29.5 Å². The minimum atomic E-state index is -4.02. The Balaban J connectivity index is 2.21. The Morgan fingerprint density at radius 2 is 1.83 bits per heavy atom. The molecule has 2 N–H and O–H groups in total. The molecule has 8 heteroatoms. The van der Waals surface area contributed by atoms with Gasteiger partial charge < -0.3 is 0 Å². The van der Waals surface area contributed by atoms with Crippen LogP contribution in [0.25, 0.3) is 10.1 Å². The Labute approximate surface area is 152 Å². The van der Waals surface area contributed by atoms with Crippen LogP contribution in [0.3, 0.4) is 0 Å². The minimum Gasteiger partial charge on any atom is -0.289 e. The molecular weight excluding hydrogens is 389 g/mol. The van der Waals surface area contributed by atoms with Gasteiger partial charge in [-0.15, -0.1) is 11.3 Å². The first kappa shape index (κ1) is 17.4. The number of fused-ring (bicyclic) bond motifs is 1. The summed E-state index contributed by atoms with van der Waals surface area (Å²) in [4.78, 5) is 13.5. The van der Waals surface area contributed by atoms with E-state index in [1.54, 1.807) is 12.1 Å². The molecule has 3 rings (SSSR count). The summed E-state index contributed by atoms with van der Waals surface area (Å²) in [7, 11) is -4.02. The number of nitrogens with two attached hydrogens (primary N) is 1. The van der Waals surface area contributed by atoms with E-state index in [-0.39, 0.29) is 21.3 Å². The standard InChI is InChI=1S/C16H11Cl2NO3S2/c1-8-15(11-7-10(17)3-5-13(11)23-8)16(20)9-2-4-12(18)14(6-9)24(19,21)22/h2-7H,1H3,(H2,19,21,22). The van der Waals surface area contributed by atoms with E-state index >= 15 is 0 Å². The highest BCUT2D eigenvalue weighted by Gasteiger charge is 2.21. The van der Waals surface area contributed by atoms with Crippen LogP contribution < -0.4 is 5.14 Å². The van der Waals surface area contributed by atoms with Gasteiger partial charge in [-0.3, -0.25) is 4.79 Å². The first-order valence-electron chi connectivity index (χ1n) is 6.74. The topological polar surface area (TPSA) is 77.2 Å². The van der Waals surface area contributed by atoms with Crippen molar-refractivity contribution in [1.29, 1.82) is 0 Å². The molecule has 0 unspecified atom stereocenters. The number of benzene rings is 2. The number of hydrogen-bond acceptors (Lipinski definition) is 4. The van der Waals surface area contributed by atoms with Gasteiger partial charge in [0.05, 0.1) is 5.02 Å². The lowest BCUT2D eigenvalue weighted by Crippen LogP contribution is -2.14. The first-order chi connectivity index (χ1) is 11.2. The average molecular weight is 400 g/mol. The second-order valence-corrected chi connectivity index (χ2v) is 8.82. The van der Waals surface area contributed by atoms with Gasteiger partial charge in [0.1, 0.15) is 4.90 Å². The fraction of sp³-hybridized carbons (Fsp3) is 0.0625. The van der Waals surface area contributed by atoms with Crippen molar-refractivity contribution in [2.24, 2.45) is 5.14 Å². The van der Waals surface area contributed by atoms with Crippen molar-refractivity contribution in [2.45, 2.75) is 11.8 Å². The van der Waals surface area contributed by atoms with E-state index < -0.39 is 10.0 Å². The van der Waals surface area contributed by atoms with Crippen molar-refractivity contribution in [3.05, 3.63) is 62.4 Å². The molecule has 2 aromatic carbocycles. The van der Waals surface area contributed by atoms with Gasteiger partial charge >= 0.3 is 0 Å². The Morgan fingerprint density at radius 1 is 1.12 bits per heavy atom. The number of ketones is 1. The smallest absolute Gasteiger partial charge is 0.239 e. The zero-order valence-electron chi connectivity index (χ0n) is 12.3. The lowest BCUT2D eigenvalue weighted by atomic mass is 10.0. The maximum Gasteiger partial charge on any atom is 0.239 e. The molecule has 0 atom stereocenters.